The second kappa shape index (κ2) is 5.35. The van der Waals surface area contributed by atoms with Gasteiger partial charge in [-0.25, -0.2) is 4.98 Å². The molecule has 0 aliphatic carbocycles. The predicted octanol–water partition coefficient (Wildman–Crippen LogP) is 2.27. The molecule has 4 rings (SSSR count). The van der Waals surface area contributed by atoms with E-state index in [1.54, 1.807) is 11.8 Å². The van der Waals surface area contributed by atoms with Crippen LogP contribution < -0.4 is 0 Å². The minimum atomic E-state index is -0.129. The van der Waals surface area contributed by atoms with Crippen molar-refractivity contribution in [3.63, 3.8) is 0 Å². The van der Waals surface area contributed by atoms with Crippen LogP contribution in [0.3, 0.4) is 0 Å². The maximum absolute atomic E-state index is 12.2. The highest BCUT2D eigenvalue weighted by atomic mass is 16.5. The number of carbonyl (C=O) groups excluding carboxylic acids is 1. The summed E-state index contributed by atoms with van der Waals surface area (Å²) in [6.07, 6.45) is 1.28. The first-order valence-electron chi connectivity index (χ1n) is 7.31. The number of oxazole rings is 1. The second-order valence-electron chi connectivity index (χ2n) is 5.49. The number of benzene rings is 1. The lowest BCUT2D eigenvalue weighted by molar-refractivity contribution is 0.0562. The van der Waals surface area contributed by atoms with Gasteiger partial charge in [0.05, 0.1) is 5.92 Å². The number of aryl methyl sites for hydroxylation is 1. The number of nitrogens with zero attached hydrogens (tertiary/aromatic N) is 4. The van der Waals surface area contributed by atoms with Gasteiger partial charge in [-0.05, 0) is 6.92 Å². The molecule has 3 heterocycles. The Balaban J connectivity index is 1.44. The van der Waals surface area contributed by atoms with Gasteiger partial charge in [-0.3, -0.25) is 4.79 Å². The average molecular weight is 310 g/mol. The average Bonchev–Trinajstić information content (AvgIpc) is 3.16. The zero-order valence-electron chi connectivity index (χ0n) is 12.5. The molecule has 1 saturated heterocycles. The van der Waals surface area contributed by atoms with E-state index in [-0.39, 0.29) is 11.8 Å². The van der Waals surface area contributed by atoms with Crippen molar-refractivity contribution in [2.45, 2.75) is 12.8 Å². The summed E-state index contributed by atoms with van der Waals surface area (Å²) in [7, 11) is 0. The number of hydrogen-bond donors (Lipinski definition) is 0. The fraction of sp³-hybridized carbons (Fsp3) is 0.250. The molecule has 3 aromatic rings. The van der Waals surface area contributed by atoms with Gasteiger partial charge in [0.2, 0.25) is 11.7 Å². The third-order valence-electron chi connectivity index (χ3n) is 3.94. The van der Waals surface area contributed by atoms with E-state index in [1.807, 2.05) is 30.3 Å². The largest absolute Gasteiger partial charge is 0.448 e. The zero-order valence-corrected chi connectivity index (χ0v) is 12.5. The molecule has 0 N–H and O–H groups in total. The molecule has 7 nitrogen and oxygen atoms in total. The van der Waals surface area contributed by atoms with Gasteiger partial charge in [0.25, 0.3) is 5.91 Å². The molecule has 0 saturated carbocycles. The summed E-state index contributed by atoms with van der Waals surface area (Å²) < 4.78 is 10.4. The van der Waals surface area contributed by atoms with Crippen molar-refractivity contribution in [1.82, 2.24) is 20.0 Å². The second-order valence-corrected chi connectivity index (χ2v) is 5.49. The highest BCUT2D eigenvalue weighted by molar-refractivity contribution is 5.93. The highest BCUT2D eigenvalue weighted by Gasteiger charge is 2.37. The molecular weight excluding hydrogens is 296 g/mol. The molecule has 0 unspecified atom stereocenters. The number of likely N-dealkylation sites (tertiary alicyclic amines) is 1. The first kappa shape index (κ1) is 13.7. The standard InChI is InChI=1S/C16H14N4O3/c1-10-13(17-9-22-10)16(21)20-7-12(8-20)15-18-14(19-23-15)11-5-3-2-4-6-11/h2-6,9,12H,7-8H2,1H3. The maximum atomic E-state index is 12.2. The van der Waals surface area contributed by atoms with Crippen molar-refractivity contribution in [1.29, 1.82) is 0 Å². The quantitative estimate of drug-likeness (QED) is 0.737. The van der Waals surface area contributed by atoms with E-state index >= 15 is 0 Å². The Labute approximate surface area is 131 Å². The molecule has 2 aromatic heterocycles. The van der Waals surface area contributed by atoms with Gasteiger partial charge in [0.15, 0.2) is 12.1 Å². The molecule has 0 bridgehead atoms. The summed E-state index contributed by atoms with van der Waals surface area (Å²) in [5, 5.41) is 4.01. The Kier molecular flexibility index (Phi) is 3.18. The molecule has 7 heteroatoms. The normalized spacial score (nSPS) is 14.7. The molecule has 0 atom stereocenters. The summed E-state index contributed by atoms with van der Waals surface area (Å²) in [5.41, 5.74) is 1.27. The predicted molar refractivity (Wildman–Crippen MR) is 79.6 cm³/mol. The van der Waals surface area contributed by atoms with E-state index in [2.05, 4.69) is 15.1 Å². The third kappa shape index (κ3) is 2.40. The molecule has 1 amide bonds. The number of amides is 1. The molecule has 116 valence electrons. The molecule has 1 aliphatic rings. The van der Waals surface area contributed by atoms with Crippen LogP contribution >= 0.6 is 0 Å². The van der Waals surface area contributed by atoms with E-state index in [0.29, 0.717) is 36.3 Å². The number of carbonyl (C=O) groups is 1. The van der Waals surface area contributed by atoms with Crippen LogP contribution in [0.15, 0.2) is 45.7 Å². The lowest BCUT2D eigenvalue weighted by Gasteiger charge is -2.36. The van der Waals surface area contributed by atoms with Gasteiger partial charge in [0.1, 0.15) is 5.76 Å². The van der Waals surface area contributed by atoms with Crippen LogP contribution in [0.4, 0.5) is 0 Å². The topological polar surface area (TPSA) is 85.3 Å². The van der Waals surface area contributed by atoms with E-state index in [0.717, 1.165) is 5.56 Å². The van der Waals surface area contributed by atoms with E-state index in [1.165, 1.54) is 6.39 Å². The van der Waals surface area contributed by atoms with Crippen molar-refractivity contribution < 1.29 is 13.7 Å². The van der Waals surface area contributed by atoms with Crippen LogP contribution in [0.2, 0.25) is 0 Å². The van der Waals surface area contributed by atoms with Crippen molar-refractivity contribution in [2.24, 2.45) is 0 Å². The fourth-order valence-electron chi connectivity index (χ4n) is 2.57. The first-order valence-corrected chi connectivity index (χ1v) is 7.31. The van der Waals surface area contributed by atoms with Crippen LogP contribution in [0.25, 0.3) is 11.4 Å². The SMILES string of the molecule is Cc1ocnc1C(=O)N1CC(c2nc(-c3ccccc3)no2)C1. The van der Waals surface area contributed by atoms with E-state index < -0.39 is 0 Å². The van der Waals surface area contributed by atoms with E-state index in [4.69, 9.17) is 8.94 Å². The van der Waals surface area contributed by atoms with Gasteiger partial charge < -0.3 is 13.8 Å². The lowest BCUT2D eigenvalue weighted by Crippen LogP contribution is -2.48. The number of aromatic nitrogens is 3. The van der Waals surface area contributed by atoms with Crippen molar-refractivity contribution in [3.8, 4) is 11.4 Å². The lowest BCUT2D eigenvalue weighted by atomic mass is 9.99. The maximum Gasteiger partial charge on any atom is 0.276 e. The smallest absolute Gasteiger partial charge is 0.276 e. The van der Waals surface area contributed by atoms with Crippen LogP contribution in [0.1, 0.15) is 28.1 Å². The Morgan fingerprint density at radius 1 is 1.26 bits per heavy atom. The van der Waals surface area contributed by atoms with Crippen molar-refractivity contribution >= 4 is 5.91 Å². The Hall–Kier alpha value is -2.96. The van der Waals surface area contributed by atoms with Gasteiger partial charge in [-0.15, -0.1) is 0 Å². The summed E-state index contributed by atoms with van der Waals surface area (Å²) >= 11 is 0. The van der Waals surface area contributed by atoms with Crippen LogP contribution in [0.5, 0.6) is 0 Å². The fourth-order valence-corrected chi connectivity index (χ4v) is 2.57. The number of hydrogen-bond acceptors (Lipinski definition) is 6. The molecule has 0 radical (unpaired) electrons. The highest BCUT2D eigenvalue weighted by Crippen LogP contribution is 2.29. The Morgan fingerprint density at radius 3 is 2.74 bits per heavy atom. The van der Waals surface area contributed by atoms with Gasteiger partial charge in [-0.1, -0.05) is 35.5 Å². The number of rotatable bonds is 3. The summed E-state index contributed by atoms with van der Waals surface area (Å²) in [6.45, 7) is 2.81. The van der Waals surface area contributed by atoms with E-state index in [9.17, 15) is 4.79 Å². The zero-order chi connectivity index (χ0) is 15.8. The van der Waals surface area contributed by atoms with Gasteiger partial charge >= 0.3 is 0 Å². The summed E-state index contributed by atoms with van der Waals surface area (Å²) in [4.78, 5) is 22.3. The van der Waals surface area contributed by atoms with Crippen molar-refractivity contribution in [3.05, 3.63) is 54.1 Å². The van der Waals surface area contributed by atoms with Crippen LogP contribution in [-0.4, -0.2) is 39.0 Å². The Morgan fingerprint density at radius 2 is 2.04 bits per heavy atom. The Bertz CT molecular complexity index is 834. The molecule has 1 aromatic carbocycles. The van der Waals surface area contributed by atoms with Crippen molar-refractivity contribution in [2.75, 3.05) is 13.1 Å². The van der Waals surface area contributed by atoms with Gasteiger partial charge in [-0.2, -0.15) is 4.98 Å². The minimum Gasteiger partial charge on any atom is -0.448 e. The summed E-state index contributed by atoms with van der Waals surface area (Å²) in [6, 6.07) is 9.65. The molecule has 23 heavy (non-hydrogen) atoms. The molecule has 0 spiro atoms. The minimum absolute atomic E-state index is 0.0659. The first-order chi connectivity index (χ1) is 11.2. The molecule has 1 aliphatic heterocycles. The summed E-state index contributed by atoms with van der Waals surface area (Å²) in [5.74, 6) is 1.59. The van der Waals surface area contributed by atoms with Gasteiger partial charge in [0, 0.05) is 18.7 Å². The molecular formula is C16H14N4O3. The van der Waals surface area contributed by atoms with Crippen LogP contribution in [-0.2, 0) is 0 Å². The molecule has 1 fully saturated rings. The third-order valence-corrected chi connectivity index (χ3v) is 3.94. The monoisotopic (exact) mass is 310 g/mol. The van der Waals surface area contributed by atoms with Crippen LogP contribution in [0, 0.1) is 6.92 Å².